The Morgan fingerprint density at radius 1 is 0.806 bits per heavy atom. The Morgan fingerprint density at radius 2 is 1.29 bits per heavy atom. The fraction of sp³-hybridized carbons (Fsp3) is 0.481. The smallest absolute Gasteiger partial charge is 0.261 e. The zero-order valence-corrected chi connectivity index (χ0v) is 22.5. The van der Waals surface area contributed by atoms with Crippen LogP contribution in [0.5, 0.6) is 0 Å². The quantitative estimate of drug-likeness (QED) is 0.332. The van der Waals surface area contributed by atoms with Gasteiger partial charge in [-0.2, -0.15) is 0 Å². The third kappa shape index (κ3) is 6.20. The van der Waals surface area contributed by atoms with E-state index in [2.05, 4.69) is 113 Å². The lowest BCUT2D eigenvalue weighted by Gasteiger charge is -2.43. The Labute approximate surface area is 192 Å². The molecule has 2 aromatic rings. The van der Waals surface area contributed by atoms with Gasteiger partial charge in [-0.05, 0) is 28.8 Å². The highest BCUT2D eigenvalue weighted by molar-refractivity contribution is 6.99. The van der Waals surface area contributed by atoms with E-state index in [-0.39, 0.29) is 5.04 Å². The van der Waals surface area contributed by atoms with E-state index in [4.69, 9.17) is 4.43 Å². The molecule has 0 saturated heterocycles. The topological polar surface area (TPSA) is 29.5 Å². The first-order valence-electron chi connectivity index (χ1n) is 11.3. The summed E-state index contributed by atoms with van der Waals surface area (Å²) in [5.74, 6) is 6.48. The van der Waals surface area contributed by atoms with Crippen molar-refractivity contribution in [2.45, 2.75) is 76.9 Å². The Balaban J connectivity index is 2.15. The highest BCUT2D eigenvalue weighted by Gasteiger charge is 2.49. The van der Waals surface area contributed by atoms with Crippen LogP contribution >= 0.6 is 0 Å². The third-order valence-corrected chi connectivity index (χ3v) is 14.8. The molecule has 2 rings (SSSR count). The molecule has 1 atom stereocenters. The van der Waals surface area contributed by atoms with Gasteiger partial charge >= 0.3 is 0 Å². The molecule has 0 aliphatic heterocycles. The van der Waals surface area contributed by atoms with Crippen LogP contribution in [0.2, 0.25) is 24.7 Å². The maximum absolute atomic E-state index is 10.6. The molecular weight excluding hydrogens is 412 g/mol. The molecule has 2 nitrogen and oxygen atoms in total. The van der Waals surface area contributed by atoms with Gasteiger partial charge in [0.05, 0.1) is 13.3 Å². The molecule has 31 heavy (non-hydrogen) atoms. The molecule has 0 fully saturated rings. The predicted molar refractivity (Wildman–Crippen MR) is 139 cm³/mol. The lowest BCUT2D eigenvalue weighted by Crippen LogP contribution is -2.66. The molecule has 0 aliphatic carbocycles. The van der Waals surface area contributed by atoms with E-state index in [1.165, 1.54) is 10.4 Å². The summed E-state index contributed by atoms with van der Waals surface area (Å²) >= 11 is 0. The highest BCUT2D eigenvalue weighted by Crippen LogP contribution is 2.36. The molecule has 0 aromatic heterocycles. The third-order valence-electron chi connectivity index (χ3n) is 6.35. The maximum Gasteiger partial charge on any atom is 0.261 e. The zero-order valence-electron chi connectivity index (χ0n) is 20.5. The molecule has 2 aromatic carbocycles. The second-order valence-corrected chi connectivity index (χ2v) is 20.6. The molecule has 0 spiro atoms. The highest BCUT2D eigenvalue weighted by atomic mass is 28.4. The van der Waals surface area contributed by atoms with Crippen LogP contribution in [0, 0.1) is 11.8 Å². The van der Waals surface area contributed by atoms with Crippen molar-refractivity contribution in [3.05, 3.63) is 60.7 Å². The summed E-state index contributed by atoms with van der Waals surface area (Å²) in [5, 5.41) is 12.6. The van der Waals surface area contributed by atoms with Crippen molar-refractivity contribution >= 4 is 26.8 Å². The Bertz CT molecular complexity index is 827. The fourth-order valence-electron chi connectivity index (χ4n) is 3.74. The van der Waals surface area contributed by atoms with Crippen LogP contribution in [-0.2, 0) is 4.43 Å². The van der Waals surface area contributed by atoms with E-state index in [0.717, 1.165) is 12.8 Å². The summed E-state index contributed by atoms with van der Waals surface area (Å²) in [6, 6.07) is 21.5. The van der Waals surface area contributed by atoms with Gasteiger partial charge in [0.2, 0.25) is 0 Å². The summed E-state index contributed by atoms with van der Waals surface area (Å²) in [6.07, 6.45) is 2.24. The van der Waals surface area contributed by atoms with Crippen molar-refractivity contribution in [2.75, 3.05) is 6.61 Å². The molecule has 0 amide bonds. The summed E-state index contributed by atoms with van der Waals surface area (Å²) < 4.78 is 6.90. The van der Waals surface area contributed by atoms with Crippen LogP contribution in [0.4, 0.5) is 0 Å². The second-order valence-electron chi connectivity index (χ2n) is 10.7. The summed E-state index contributed by atoms with van der Waals surface area (Å²) in [4.78, 5) is 0. The van der Waals surface area contributed by atoms with Crippen molar-refractivity contribution in [3.63, 3.8) is 0 Å². The average molecular weight is 453 g/mol. The minimum atomic E-state index is -2.46. The molecule has 0 aliphatic rings. The molecule has 4 heteroatoms. The van der Waals surface area contributed by atoms with E-state index in [0.29, 0.717) is 13.0 Å². The molecular formula is C27H40O2Si2. The first-order valence-corrected chi connectivity index (χ1v) is 16.8. The number of rotatable bonds is 8. The molecule has 0 radical (unpaired) electrons. The van der Waals surface area contributed by atoms with Gasteiger partial charge in [0, 0.05) is 19.4 Å². The monoisotopic (exact) mass is 452 g/mol. The van der Waals surface area contributed by atoms with Gasteiger partial charge in [-0.25, -0.2) is 0 Å². The lowest BCUT2D eigenvalue weighted by molar-refractivity contribution is 0.141. The molecule has 0 heterocycles. The summed E-state index contributed by atoms with van der Waals surface area (Å²) in [7, 11) is -4.10. The molecule has 1 unspecified atom stereocenters. The van der Waals surface area contributed by atoms with Crippen LogP contribution in [0.25, 0.3) is 0 Å². The van der Waals surface area contributed by atoms with Gasteiger partial charge in [-0.15, -0.1) is 11.8 Å². The summed E-state index contributed by atoms with van der Waals surface area (Å²) in [5.41, 5.74) is 0. The van der Waals surface area contributed by atoms with Gasteiger partial charge in [0.1, 0.15) is 0 Å². The SMILES string of the molecule is CC(O)(CC#CCCCO[Si](c1ccccc1)(c1ccccc1)C(C)(C)C)[Si](C)(C)C. The Hall–Kier alpha value is -1.65. The number of hydrogen-bond donors (Lipinski definition) is 1. The largest absolute Gasteiger partial charge is 0.407 e. The second kappa shape index (κ2) is 10.3. The molecule has 0 saturated carbocycles. The number of hydrogen-bond acceptors (Lipinski definition) is 2. The van der Waals surface area contributed by atoms with Gasteiger partial charge in [0.25, 0.3) is 8.32 Å². The summed E-state index contributed by atoms with van der Waals surface area (Å²) in [6.45, 7) is 16.1. The molecule has 168 valence electrons. The lowest BCUT2D eigenvalue weighted by atomic mass is 10.2. The van der Waals surface area contributed by atoms with Crippen LogP contribution in [0.3, 0.4) is 0 Å². The van der Waals surface area contributed by atoms with Crippen molar-refractivity contribution < 1.29 is 9.53 Å². The number of aliphatic hydroxyl groups is 1. The Kier molecular flexibility index (Phi) is 8.52. The molecule has 0 bridgehead atoms. The van der Waals surface area contributed by atoms with Crippen LogP contribution < -0.4 is 10.4 Å². The standard InChI is InChI=1S/C27H40O2Si2/c1-26(2,3)31(24-18-12-10-13-19-24,25-20-14-11-15-21-25)29-23-17-9-8-16-22-27(4,28)30(5,6)7/h10-15,18-21,28H,9,17,22-23H2,1-7H3. The van der Waals surface area contributed by atoms with Gasteiger partial charge < -0.3 is 9.53 Å². The first-order chi connectivity index (χ1) is 14.4. The van der Waals surface area contributed by atoms with Crippen LogP contribution in [0.1, 0.15) is 47.0 Å². The fourth-order valence-corrected chi connectivity index (χ4v) is 8.96. The predicted octanol–water partition coefficient (Wildman–Crippen LogP) is 5.37. The zero-order chi connectivity index (χ0) is 23.2. The van der Waals surface area contributed by atoms with Crippen LogP contribution in [-0.4, -0.2) is 33.3 Å². The van der Waals surface area contributed by atoms with E-state index in [1.807, 2.05) is 6.92 Å². The van der Waals surface area contributed by atoms with Crippen molar-refractivity contribution in [3.8, 4) is 11.8 Å². The molecule has 1 N–H and O–H groups in total. The van der Waals surface area contributed by atoms with E-state index >= 15 is 0 Å². The van der Waals surface area contributed by atoms with Gasteiger partial charge in [-0.3, -0.25) is 0 Å². The first kappa shape index (κ1) is 25.6. The van der Waals surface area contributed by atoms with Crippen LogP contribution in [0.15, 0.2) is 60.7 Å². The minimum absolute atomic E-state index is 0.00256. The minimum Gasteiger partial charge on any atom is -0.407 e. The van der Waals surface area contributed by atoms with E-state index in [9.17, 15) is 5.11 Å². The number of unbranched alkanes of at least 4 members (excludes halogenated alkanes) is 1. The normalized spacial score (nSPS) is 14.5. The van der Waals surface area contributed by atoms with E-state index < -0.39 is 21.6 Å². The maximum atomic E-state index is 10.6. The Morgan fingerprint density at radius 3 is 1.71 bits per heavy atom. The van der Waals surface area contributed by atoms with Crippen molar-refractivity contribution in [1.82, 2.24) is 0 Å². The van der Waals surface area contributed by atoms with Crippen molar-refractivity contribution in [1.29, 1.82) is 0 Å². The average Bonchev–Trinajstić information content (AvgIpc) is 2.69. The van der Waals surface area contributed by atoms with Gasteiger partial charge in [-0.1, -0.05) is 101 Å². The van der Waals surface area contributed by atoms with Gasteiger partial charge in [0.15, 0.2) is 0 Å². The van der Waals surface area contributed by atoms with Crippen molar-refractivity contribution in [2.24, 2.45) is 0 Å². The number of benzene rings is 2. The van der Waals surface area contributed by atoms with E-state index in [1.54, 1.807) is 0 Å².